The van der Waals surface area contributed by atoms with Gasteiger partial charge in [-0.15, -0.1) is 0 Å². The van der Waals surface area contributed by atoms with Crippen molar-refractivity contribution in [3.05, 3.63) is 46.3 Å². The molecule has 0 amide bonds. The normalized spacial score (nSPS) is 13.5. The number of aryl methyl sites for hydroxylation is 1. The molecular formula is C15H10F8N4O. The molecule has 0 fully saturated rings. The Bertz CT molecular complexity index is 1090. The van der Waals surface area contributed by atoms with Gasteiger partial charge in [-0.2, -0.15) is 40.2 Å². The molecule has 5 nitrogen and oxygen atoms in total. The number of fused-ring (bicyclic) bond motifs is 1. The quantitative estimate of drug-likeness (QED) is 0.659. The smallest absolute Gasteiger partial charge is 0.344 e. The number of hydrogen-bond acceptors (Lipinski definition) is 2. The van der Waals surface area contributed by atoms with E-state index in [9.17, 15) is 39.9 Å². The summed E-state index contributed by atoms with van der Waals surface area (Å²) >= 11 is 0. The minimum Gasteiger partial charge on any atom is -0.344 e. The van der Waals surface area contributed by atoms with Crippen molar-refractivity contribution in [2.75, 3.05) is 0 Å². The van der Waals surface area contributed by atoms with E-state index in [-0.39, 0.29) is 10.3 Å². The Morgan fingerprint density at radius 2 is 1.71 bits per heavy atom. The van der Waals surface area contributed by atoms with Crippen molar-refractivity contribution in [2.24, 2.45) is 0 Å². The average molecular weight is 414 g/mol. The van der Waals surface area contributed by atoms with Gasteiger partial charge in [0.1, 0.15) is 12.2 Å². The minimum atomic E-state index is -5.86. The van der Waals surface area contributed by atoms with Crippen LogP contribution >= 0.6 is 0 Å². The van der Waals surface area contributed by atoms with E-state index >= 15 is 0 Å². The fourth-order valence-corrected chi connectivity index (χ4v) is 2.65. The molecule has 152 valence electrons. The molecule has 3 heterocycles. The number of imidazole rings is 1. The zero-order valence-corrected chi connectivity index (χ0v) is 13.8. The van der Waals surface area contributed by atoms with Crippen LogP contribution in [0.5, 0.6) is 0 Å². The minimum absolute atomic E-state index is 0.139. The summed E-state index contributed by atoms with van der Waals surface area (Å²) in [5.74, 6) is -5.15. The summed E-state index contributed by atoms with van der Waals surface area (Å²) in [5, 5.41) is 3.25. The van der Waals surface area contributed by atoms with Crippen molar-refractivity contribution >= 4 is 5.65 Å². The van der Waals surface area contributed by atoms with Gasteiger partial charge in [0.05, 0.1) is 17.3 Å². The first-order chi connectivity index (χ1) is 12.7. The van der Waals surface area contributed by atoms with Crippen molar-refractivity contribution in [3.63, 3.8) is 0 Å². The molecule has 0 aliphatic heterocycles. The van der Waals surface area contributed by atoms with Gasteiger partial charge < -0.3 is 4.98 Å². The predicted molar refractivity (Wildman–Crippen MR) is 80.0 cm³/mol. The number of aromatic nitrogens is 4. The van der Waals surface area contributed by atoms with E-state index < -0.39 is 47.1 Å². The van der Waals surface area contributed by atoms with Gasteiger partial charge in [-0.25, -0.2) is 0 Å². The van der Waals surface area contributed by atoms with Crippen LogP contribution in [0.1, 0.15) is 11.3 Å². The molecule has 0 aliphatic rings. The van der Waals surface area contributed by atoms with E-state index in [1.807, 2.05) is 0 Å². The maximum absolute atomic E-state index is 13.4. The molecule has 1 N–H and O–H groups in total. The van der Waals surface area contributed by atoms with E-state index in [1.165, 1.54) is 13.1 Å². The summed E-state index contributed by atoms with van der Waals surface area (Å²) in [6, 6.07) is 0.644. The molecule has 0 saturated carbocycles. The second-order valence-electron chi connectivity index (χ2n) is 6.06. The third-order valence-electron chi connectivity index (χ3n) is 3.89. The number of aromatic amines is 1. The maximum Gasteiger partial charge on any atom is 0.455 e. The van der Waals surface area contributed by atoms with Crippen molar-refractivity contribution < 1.29 is 35.1 Å². The standard InChI is InChI=1S/C15H10F8N4O/c1-7-4-27-10(25-7)2-9(14(18,19)20)11(12(27)28)8-3-24-26(5-8)6-13(16,17)15(21,22)23/h2-5,25H,6H2,1H3. The van der Waals surface area contributed by atoms with Gasteiger partial charge in [-0.3, -0.25) is 13.9 Å². The van der Waals surface area contributed by atoms with E-state index in [0.29, 0.717) is 24.2 Å². The number of H-pyrrole nitrogens is 1. The topological polar surface area (TPSA) is 55.1 Å². The highest BCUT2D eigenvalue weighted by Gasteiger charge is 2.57. The summed E-state index contributed by atoms with van der Waals surface area (Å²) in [6.07, 6.45) is -8.46. The molecule has 0 bridgehead atoms. The Morgan fingerprint density at radius 1 is 1.07 bits per heavy atom. The van der Waals surface area contributed by atoms with E-state index in [4.69, 9.17) is 0 Å². The molecule has 3 aromatic rings. The van der Waals surface area contributed by atoms with Crippen LogP contribution in [-0.2, 0) is 12.7 Å². The Labute approximate surface area is 150 Å². The predicted octanol–water partition coefficient (Wildman–Crippen LogP) is 4.02. The molecule has 0 spiro atoms. The summed E-state index contributed by atoms with van der Waals surface area (Å²) in [6.45, 7) is -0.443. The number of nitrogens with one attached hydrogen (secondary N) is 1. The second-order valence-corrected chi connectivity index (χ2v) is 6.06. The van der Waals surface area contributed by atoms with Crippen LogP contribution < -0.4 is 5.56 Å². The van der Waals surface area contributed by atoms with E-state index in [1.54, 1.807) is 0 Å². The van der Waals surface area contributed by atoms with Gasteiger partial charge in [-0.1, -0.05) is 0 Å². The second kappa shape index (κ2) is 6.07. The SMILES string of the molecule is Cc1cn2c(=O)c(-c3cnn(CC(F)(F)C(F)(F)F)c3)c(C(F)(F)F)cc2[nH]1. The molecule has 0 aliphatic carbocycles. The highest BCUT2D eigenvalue weighted by Crippen LogP contribution is 2.38. The van der Waals surface area contributed by atoms with Gasteiger partial charge in [-0.05, 0) is 13.0 Å². The number of alkyl halides is 8. The van der Waals surface area contributed by atoms with Crippen LogP contribution in [0.3, 0.4) is 0 Å². The van der Waals surface area contributed by atoms with Crippen molar-refractivity contribution in [2.45, 2.75) is 31.7 Å². The molecule has 0 radical (unpaired) electrons. The summed E-state index contributed by atoms with van der Waals surface area (Å²) in [5.41, 5.74) is -3.73. The summed E-state index contributed by atoms with van der Waals surface area (Å²) in [4.78, 5) is 15.1. The lowest BCUT2D eigenvalue weighted by molar-refractivity contribution is -0.287. The van der Waals surface area contributed by atoms with Gasteiger partial charge in [0.2, 0.25) is 0 Å². The highest BCUT2D eigenvalue weighted by molar-refractivity contribution is 5.68. The number of hydrogen-bond donors (Lipinski definition) is 1. The third-order valence-corrected chi connectivity index (χ3v) is 3.89. The first-order valence-corrected chi connectivity index (χ1v) is 7.50. The highest BCUT2D eigenvalue weighted by atomic mass is 19.4. The van der Waals surface area contributed by atoms with Crippen LogP contribution in [0.2, 0.25) is 0 Å². The van der Waals surface area contributed by atoms with Gasteiger partial charge in [0.25, 0.3) is 5.56 Å². The lowest BCUT2D eigenvalue weighted by Crippen LogP contribution is -2.40. The average Bonchev–Trinajstić information content (AvgIpc) is 3.10. The van der Waals surface area contributed by atoms with Crippen LogP contribution in [0, 0.1) is 6.92 Å². The third kappa shape index (κ3) is 3.36. The molecule has 0 saturated heterocycles. The molecule has 0 unspecified atom stereocenters. The first kappa shape index (κ1) is 19.9. The largest absolute Gasteiger partial charge is 0.455 e. The van der Waals surface area contributed by atoms with Crippen molar-refractivity contribution in [1.82, 2.24) is 19.2 Å². The first-order valence-electron chi connectivity index (χ1n) is 7.50. The summed E-state index contributed by atoms with van der Waals surface area (Å²) in [7, 11) is 0. The molecular weight excluding hydrogens is 404 g/mol. The van der Waals surface area contributed by atoms with Gasteiger partial charge >= 0.3 is 18.3 Å². The van der Waals surface area contributed by atoms with E-state index in [0.717, 1.165) is 4.40 Å². The maximum atomic E-state index is 13.4. The zero-order valence-electron chi connectivity index (χ0n) is 13.8. The summed E-state index contributed by atoms with van der Waals surface area (Å²) < 4.78 is 105. The number of nitrogens with zero attached hydrogens (tertiary/aromatic N) is 3. The van der Waals surface area contributed by atoms with Crippen LogP contribution in [-0.4, -0.2) is 31.3 Å². The molecule has 0 aromatic carbocycles. The Hall–Kier alpha value is -2.86. The molecule has 3 rings (SSSR count). The Morgan fingerprint density at radius 3 is 2.29 bits per heavy atom. The number of halogens is 8. The molecule has 28 heavy (non-hydrogen) atoms. The fraction of sp³-hybridized carbons (Fsp3) is 0.333. The van der Waals surface area contributed by atoms with E-state index in [2.05, 4.69) is 10.1 Å². The number of pyridine rings is 1. The van der Waals surface area contributed by atoms with Crippen molar-refractivity contribution in [1.29, 1.82) is 0 Å². The lowest BCUT2D eigenvalue weighted by Gasteiger charge is -2.19. The molecule has 13 heteroatoms. The van der Waals surface area contributed by atoms with Crippen LogP contribution in [0.4, 0.5) is 35.1 Å². The monoisotopic (exact) mass is 414 g/mol. The van der Waals surface area contributed by atoms with Crippen LogP contribution in [0.25, 0.3) is 16.8 Å². The zero-order chi connectivity index (χ0) is 21.1. The van der Waals surface area contributed by atoms with Gasteiger partial charge in [0, 0.05) is 23.7 Å². The number of rotatable bonds is 3. The molecule has 3 aromatic heterocycles. The fourth-order valence-electron chi connectivity index (χ4n) is 2.65. The Kier molecular flexibility index (Phi) is 4.31. The Balaban J connectivity index is 2.15. The molecule has 0 atom stereocenters. The van der Waals surface area contributed by atoms with Crippen molar-refractivity contribution in [3.8, 4) is 11.1 Å². The van der Waals surface area contributed by atoms with Crippen LogP contribution in [0.15, 0.2) is 29.5 Å². The lowest BCUT2D eigenvalue weighted by atomic mass is 10.0. The van der Waals surface area contributed by atoms with Gasteiger partial charge in [0.15, 0.2) is 0 Å².